The van der Waals surface area contributed by atoms with Crippen LogP contribution in [0.3, 0.4) is 0 Å². The first-order chi connectivity index (χ1) is 15.7. The molecule has 0 aliphatic carbocycles. The number of fused-ring (bicyclic) bond motifs is 1. The largest absolute Gasteiger partial charge is 0.338 e. The van der Waals surface area contributed by atoms with Gasteiger partial charge in [0, 0.05) is 37.5 Å². The molecule has 33 heavy (non-hydrogen) atoms. The molecule has 1 fully saturated rings. The Labute approximate surface area is 194 Å². The molecule has 2 heterocycles. The van der Waals surface area contributed by atoms with Crippen LogP contribution in [-0.2, 0) is 22.7 Å². The first kappa shape index (κ1) is 23.0. The highest BCUT2D eigenvalue weighted by molar-refractivity contribution is 5.83. The van der Waals surface area contributed by atoms with Crippen molar-refractivity contribution in [1.82, 2.24) is 19.4 Å². The average molecular weight is 451 g/mol. The summed E-state index contributed by atoms with van der Waals surface area (Å²) in [5, 5.41) is 0. The molecule has 0 radical (unpaired) electrons. The molecular formula is C26H31FN4O2. The third-order valence-electron chi connectivity index (χ3n) is 6.24. The van der Waals surface area contributed by atoms with E-state index in [0.717, 1.165) is 22.4 Å². The van der Waals surface area contributed by atoms with Crippen molar-refractivity contribution < 1.29 is 14.0 Å². The minimum absolute atomic E-state index is 0.0388. The Hall–Kier alpha value is -3.22. The molecule has 0 bridgehead atoms. The number of amides is 2. The molecule has 4 rings (SSSR count). The van der Waals surface area contributed by atoms with Gasteiger partial charge in [0.15, 0.2) is 0 Å². The van der Waals surface area contributed by atoms with Gasteiger partial charge in [-0.2, -0.15) is 0 Å². The zero-order valence-corrected chi connectivity index (χ0v) is 19.7. The third-order valence-corrected chi connectivity index (χ3v) is 6.24. The van der Waals surface area contributed by atoms with E-state index in [4.69, 9.17) is 4.98 Å². The summed E-state index contributed by atoms with van der Waals surface area (Å²) < 4.78 is 15.2. The predicted octanol–water partition coefficient (Wildman–Crippen LogP) is 4.34. The average Bonchev–Trinajstić information content (AvgIpc) is 3.30. The maximum absolute atomic E-state index is 13.3. The van der Waals surface area contributed by atoms with Crippen molar-refractivity contribution in [3.8, 4) is 0 Å². The van der Waals surface area contributed by atoms with E-state index >= 15 is 0 Å². The van der Waals surface area contributed by atoms with Crippen LogP contribution >= 0.6 is 0 Å². The number of para-hydroxylation sites is 2. The summed E-state index contributed by atoms with van der Waals surface area (Å²) in [7, 11) is 0. The second kappa shape index (κ2) is 9.33. The van der Waals surface area contributed by atoms with Gasteiger partial charge < -0.3 is 14.4 Å². The fourth-order valence-electron chi connectivity index (χ4n) is 4.87. The Bertz CT molecular complexity index is 1140. The molecule has 2 aromatic carbocycles. The molecule has 174 valence electrons. The highest BCUT2D eigenvalue weighted by Gasteiger charge is 2.34. The number of rotatable bonds is 7. The number of likely N-dealkylation sites (tertiary alicyclic amines) is 1. The minimum Gasteiger partial charge on any atom is -0.338 e. The second-order valence-corrected chi connectivity index (χ2v) is 9.34. The van der Waals surface area contributed by atoms with Crippen LogP contribution in [-0.4, -0.2) is 49.8 Å². The number of hydrogen-bond acceptors (Lipinski definition) is 3. The standard InChI is InChI=1S/C26H31FN4O2/c1-17(2)31(18(3)4)25(33)16-30-23-8-6-5-7-22(23)28-26(30)20-13-24(32)29(15-20)14-19-9-11-21(27)12-10-19/h5-12,17-18,20H,13-16H2,1-4H3/t20-/m1/s1. The third kappa shape index (κ3) is 4.77. The van der Waals surface area contributed by atoms with Crippen molar-refractivity contribution in [2.45, 2.75) is 65.2 Å². The van der Waals surface area contributed by atoms with E-state index in [-0.39, 0.29) is 42.2 Å². The van der Waals surface area contributed by atoms with Crippen LogP contribution in [0.15, 0.2) is 48.5 Å². The highest BCUT2D eigenvalue weighted by atomic mass is 19.1. The normalized spacial score (nSPS) is 16.4. The van der Waals surface area contributed by atoms with Gasteiger partial charge in [-0.05, 0) is 57.5 Å². The Morgan fingerprint density at radius 1 is 1.09 bits per heavy atom. The van der Waals surface area contributed by atoms with E-state index in [0.29, 0.717) is 19.5 Å². The summed E-state index contributed by atoms with van der Waals surface area (Å²) in [6.07, 6.45) is 0.344. The number of benzene rings is 2. The number of aromatic nitrogens is 2. The van der Waals surface area contributed by atoms with Crippen LogP contribution < -0.4 is 0 Å². The van der Waals surface area contributed by atoms with E-state index in [1.807, 2.05) is 61.4 Å². The lowest BCUT2D eigenvalue weighted by Crippen LogP contribution is -2.44. The number of hydrogen-bond donors (Lipinski definition) is 0. The summed E-state index contributed by atoms with van der Waals surface area (Å²) in [6.45, 7) is 9.23. The summed E-state index contributed by atoms with van der Waals surface area (Å²) in [5.74, 6) is 0.452. The molecule has 2 amide bonds. The van der Waals surface area contributed by atoms with Gasteiger partial charge in [0.25, 0.3) is 0 Å². The number of carbonyl (C=O) groups is 2. The summed E-state index contributed by atoms with van der Waals surface area (Å²) >= 11 is 0. The van der Waals surface area contributed by atoms with Crippen molar-refractivity contribution in [3.05, 3.63) is 65.7 Å². The van der Waals surface area contributed by atoms with Crippen LogP contribution in [0.1, 0.15) is 51.4 Å². The lowest BCUT2D eigenvalue weighted by atomic mass is 10.1. The molecule has 0 saturated carbocycles. The number of nitrogens with zero attached hydrogens (tertiary/aromatic N) is 4. The van der Waals surface area contributed by atoms with Crippen molar-refractivity contribution >= 4 is 22.8 Å². The topological polar surface area (TPSA) is 58.4 Å². The molecule has 0 unspecified atom stereocenters. The van der Waals surface area contributed by atoms with E-state index in [2.05, 4.69) is 0 Å². The second-order valence-electron chi connectivity index (χ2n) is 9.34. The molecule has 1 aromatic heterocycles. The monoisotopic (exact) mass is 450 g/mol. The summed E-state index contributed by atoms with van der Waals surface area (Å²) in [6, 6.07) is 14.2. The quantitative estimate of drug-likeness (QED) is 0.538. The minimum atomic E-state index is -0.292. The summed E-state index contributed by atoms with van der Waals surface area (Å²) in [5.41, 5.74) is 2.61. The Morgan fingerprint density at radius 2 is 1.76 bits per heavy atom. The number of halogens is 1. The first-order valence-corrected chi connectivity index (χ1v) is 11.5. The van der Waals surface area contributed by atoms with Gasteiger partial charge in [-0.25, -0.2) is 9.37 Å². The van der Waals surface area contributed by atoms with Crippen molar-refractivity contribution in [2.75, 3.05) is 6.54 Å². The molecule has 1 saturated heterocycles. The SMILES string of the molecule is CC(C)N(C(=O)Cn1c([C@@H]2CC(=O)N(Cc3ccc(F)cc3)C2)nc2ccccc21)C(C)C. The Kier molecular flexibility index (Phi) is 6.49. The van der Waals surface area contributed by atoms with Gasteiger partial charge in [-0.1, -0.05) is 24.3 Å². The van der Waals surface area contributed by atoms with Crippen molar-refractivity contribution in [1.29, 1.82) is 0 Å². The van der Waals surface area contributed by atoms with Crippen molar-refractivity contribution in [2.24, 2.45) is 0 Å². The van der Waals surface area contributed by atoms with E-state index in [1.165, 1.54) is 12.1 Å². The lowest BCUT2D eigenvalue weighted by Gasteiger charge is -2.31. The Balaban J connectivity index is 1.62. The van der Waals surface area contributed by atoms with E-state index < -0.39 is 0 Å². The predicted molar refractivity (Wildman–Crippen MR) is 126 cm³/mol. The lowest BCUT2D eigenvalue weighted by molar-refractivity contribution is -0.135. The van der Waals surface area contributed by atoms with Crippen LogP contribution in [0.25, 0.3) is 11.0 Å². The van der Waals surface area contributed by atoms with Gasteiger partial charge in [-0.15, -0.1) is 0 Å². The molecule has 1 aliphatic rings. The fraction of sp³-hybridized carbons (Fsp3) is 0.423. The Morgan fingerprint density at radius 3 is 2.42 bits per heavy atom. The van der Waals surface area contributed by atoms with E-state index in [1.54, 1.807) is 17.0 Å². The molecule has 0 N–H and O–H groups in total. The maximum atomic E-state index is 13.3. The smallest absolute Gasteiger partial charge is 0.243 e. The number of imidazole rings is 1. The van der Waals surface area contributed by atoms with Crippen LogP contribution in [0.4, 0.5) is 4.39 Å². The van der Waals surface area contributed by atoms with Crippen LogP contribution in [0.2, 0.25) is 0 Å². The van der Waals surface area contributed by atoms with Gasteiger partial charge in [0.05, 0.1) is 11.0 Å². The molecule has 7 heteroatoms. The van der Waals surface area contributed by atoms with Crippen molar-refractivity contribution in [3.63, 3.8) is 0 Å². The van der Waals surface area contributed by atoms with Gasteiger partial charge in [0.1, 0.15) is 18.2 Å². The van der Waals surface area contributed by atoms with E-state index in [9.17, 15) is 14.0 Å². The van der Waals surface area contributed by atoms with Crippen LogP contribution in [0, 0.1) is 5.82 Å². The van der Waals surface area contributed by atoms with Crippen LogP contribution in [0.5, 0.6) is 0 Å². The molecule has 3 aromatic rings. The first-order valence-electron chi connectivity index (χ1n) is 11.5. The summed E-state index contributed by atoms with van der Waals surface area (Å²) in [4.78, 5) is 34.6. The fourth-order valence-corrected chi connectivity index (χ4v) is 4.87. The molecule has 6 nitrogen and oxygen atoms in total. The maximum Gasteiger partial charge on any atom is 0.243 e. The molecule has 0 spiro atoms. The zero-order valence-electron chi connectivity index (χ0n) is 19.7. The number of carbonyl (C=O) groups excluding carboxylic acids is 2. The molecular weight excluding hydrogens is 419 g/mol. The highest BCUT2D eigenvalue weighted by Crippen LogP contribution is 2.31. The zero-order chi connectivity index (χ0) is 23.7. The molecule has 1 atom stereocenters. The van der Waals surface area contributed by atoms with Gasteiger partial charge in [-0.3, -0.25) is 9.59 Å². The van der Waals surface area contributed by atoms with Gasteiger partial charge >= 0.3 is 0 Å². The molecule has 1 aliphatic heterocycles. The van der Waals surface area contributed by atoms with Gasteiger partial charge in [0.2, 0.25) is 11.8 Å².